The van der Waals surface area contributed by atoms with Gasteiger partial charge < -0.3 is 21.3 Å². The third-order valence-electron chi connectivity index (χ3n) is 4.92. The third-order valence-corrected chi connectivity index (χ3v) is 4.92. The van der Waals surface area contributed by atoms with Gasteiger partial charge in [-0.3, -0.25) is 9.59 Å². The van der Waals surface area contributed by atoms with Crippen molar-refractivity contribution in [1.29, 1.82) is 0 Å². The molecule has 0 aliphatic heterocycles. The number of urea groups is 1. The maximum absolute atomic E-state index is 12.5. The number of hydrogen-bond donors (Lipinski definition) is 4. The number of carbonyl (C=O) groups is 3. The molecule has 4 N–H and O–H groups in total. The van der Waals surface area contributed by atoms with Gasteiger partial charge in [-0.25, -0.2) is 4.79 Å². The van der Waals surface area contributed by atoms with Gasteiger partial charge in [0, 0.05) is 35.4 Å². The van der Waals surface area contributed by atoms with Crippen molar-refractivity contribution in [3.05, 3.63) is 59.7 Å². The van der Waals surface area contributed by atoms with Gasteiger partial charge in [0.05, 0.1) is 0 Å². The van der Waals surface area contributed by atoms with Gasteiger partial charge in [0.25, 0.3) is 5.91 Å². The van der Waals surface area contributed by atoms with Crippen LogP contribution in [0.15, 0.2) is 48.5 Å². The molecule has 30 heavy (non-hydrogen) atoms. The predicted octanol–water partition coefficient (Wildman–Crippen LogP) is 3.74. The number of carbonyl (C=O) groups excluding carboxylic acids is 3. The van der Waals surface area contributed by atoms with E-state index in [2.05, 4.69) is 28.2 Å². The van der Waals surface area contributed by atoms with Crippen LogP contribution in [-0.2, 0) is 11.3 Å². The van der Waals surface area contributed by atoms with Gasteiger partial charge in [0.2, 0.25) is 5.91 Å². The first-order chi connectivity index (χ1) is 14.3. The van der Waals surface area contributed by atoms with Crippen LogP contribution in [0, 0.1) is 11.8 Å². The van der Waals surface area contributed by atoms with Crippen molar-refractivity contribution in [2.24, 2.45) is 11.8 Å². The second-order valence-corrected chi connectivity index (χ2v) is 8.02. The summed E-state index contributed by atoms with van der Waals surface area (Å²) in [5, 5.41) is 11.3. The van der Waals surface area contributed by atoms with Gasteiger partial charge in [0.1, 0.15) is 0 Å². The van der Waals surface area contributed by atoms with Gasteiger partial charge >= 0.3 is 6.03 Å². The highest BCUT2D eigenvalue weighted by Crippen LogP contribution is 2.38. The Kier molecular flexibility index (Phi) is 6.72. The Morgan fingerprint density at radius 3 is 2.33 bits per heavy atom. The Bertz CT molecular complexity index is 924. The molecule has 1 fully saturated rings. The van der Waals surface area contributed by atoms with Crippen LogP contribution >= 0.6 is 0 Å². The molecule has 7 heteroatoms. The molecule has 0 heterocycles. The Morgan fingerprint density at radius 2 is 1.70 bits per heavy atom. The summed E-state index contributed by atoms with van der Waals surface area (Å²) in [7, 11) is 0. The van der Waals surface area contributed by atoms with Gasteiger partial charge in [0.15, 0.2) is 0 Å². The van der Waals surface area contributed by atoms with Gasteiger partial charge in [-0.1, -0.05) is 25.1 Å². The monoisotopic (exact) mass is 408 g/mol. The second kappa shape index (κ2) is 9.43. The topological polar surface area (TPSA) is 99.3 Å². The maximum atomic E-state index is 12.5. The van der Waals surface area contributed by atoms with Crippen molar-refractivity contribution in [3.8, 4) is 0 Å². The van der Waals surface area contributed by atoms with Crippen LogP contribution in [0.3, 0.4) is 0 Å². The van der Waals surface area contributed by atoms with Crippen LogP contribution in [-0.4, -0.2) is 23.9 Å². The summed E-state index contributed by atoms with van der Waals surface area (Å²) in [6, 6.07) is 14.0. The molecule has 3 rings (SSSR count). The summed E-state index contributed by atoms with van der Waals surface area (Å²) >= 11 is 0. The van der Waals surface area contributed by atoms with Crippen LogP contribution in [0.5, 0.6) is 0 Å². The second-order valence-electron chi connectivity index (χ2n) is 8.02. The summed E-state index contributed by atoms with van der Waals surface area (Å²) < 4.78 is 0. The van der Waals surface area contributed by atoms with E-state index in [1.165, 1.54) is 0 Å². The highest BCUT2D eigenvalue weighted by Gasteiger charge is 2.39. The quantitative estimate of drug-likeness (QED) is 0.562. The highest BCUT2D eigenvalue weighted by molar-refractivity contribution is 5.98. The Morgan fingerprint density at radius 1 is 1.00 bits per heavy atom. The molecular formula is C23H28N4O3. The van der Waals surface area contributed by atoms with Crippen molar-refractivity contribution < 1.29 is 14.4 Å². The highest BCUT2D eigenvalue weighted by atomic mass is 16.2. The molecule has 2 aromatic rings. The lowest BCUT2D eigenvalue weighted by molar-refractivity contribution is -0.117. The first-order valence-electron chi connectivity index (χ1n) is 10.2. The Balaban J connectivity index is 1.51. The van der Waals surface area contributed by atoms with E-state index >= 15 is 0 Å². The fourth-order valence-corrected chi connectivity index (χ4v) is 3.08. The van der Waals surface area contributed by atoms with Gasteiger partial charge in [-0.05, 0) is 62.1 Å². The molecule has 2 unspecified atom stereocenters. The summed E-state index contributed by atoms with van der Waals surface area (Å²) in [4.78, 5) is 36.3. The smallest absolute Gasteiger partial charge is 0.319 e. The lowest BCUT2D eigenvalue weighted by Gasteiger charge is -2.11. The van der Waals surface area contributed by atoms with Crippen molar-refractivity contribution in [2.45, 2.75) is 39.8 Å². The molecule has 158 valence electrons. The fraction of sp³-hybridized carbons (Fsp3) is 0.348. The molecule has 0 bridgehead atoms. The number of anilines is 2. The molecule has 0 radical (unpaired) electrons. The molecule has 7 nitrogen and oxygen atoms in total. The normalized spacial score (nSPS) is 17.2. The number of nitrogens with one attached hydrogen (secondary N) is 4. The largest absolute Gasteiger partial charge is 0.348 e. The molecule has 1 aliphatic carbocycles. The van der Waals surface area contributed by atoms with Crippen molar-refractivity contribution in [2.75, 3.05) is 10.6 Å². The van der Waals surface area contributed by atoms with E-state index in [1.54, 1.807) is 36.4 Å². The molecule has 0 spiro atoms. The van der Waals surface area contributed by atoms with Gasteiger partial charge in [-0.15, -0.1) is 0 Å². The first kappa shape index (κ1) is 21.4. The molecule has 1 saturated carbocycles. The van der Waals surface area contributed by atoms with Crippen LogP contribution in [0.2, 0.25) is 0 Å². The van der Waals surface area contributed by atoms with E-state index in [0.29, 0.717) is 29.4 Å². The average Bonchev–Trinajstić information content (AvgIpc) is 3.43. The fourth-order valence-electron chi connectivity index (χ4n) is 3.08. The number of rotatable bonds is 7. The van der Waals surface area contributed by atoms with Crippen molar-refractivity contribution in [3.63, 3.8) is 0 Å². The minimum atomic E-state index is -0.255. The molecule has 1 aliphatic rings. The lowest BCUT2D eigenvalue weighted by Crippen LogP contribution is -2.34. The molecule has 0 aromatic heterocycles. The Labute approximate surface area is 176 Å². The summed E-state index contributed by atoms with van der Waals surface area (Å²) in [5.41, 5.74) is 2.70. The summed E-state index contributed by atoms with van der Waals surface area (Å²) in [6.07, 6.45) is 0.919. The van der Waals surface area contributed by atoms with E-state index in [1.807, 2.05) is 26.0 Å². The SMILES string of the molecule is CC(C)NC(=O)Nc1ccc(CNC(=O)c2cccc(NC(=O)C3CC3C)c2)cc1. The molecular weight excluding hydrogens is 380 g/mol. The zero-order valence-corrected chi connectivity index (χ0v) is 17.5. The predicted molar refractivity (Wildman–Crippen MR) is 117 cm³/mol. The third kappa shape index (κ3) is 6.07. The Hall–Kier alpha value is -3.35. The van der Waals surface area contributed by atoms with E-state index in [4.69, 9.17) is 0 Å². The first-order valence-corrected chi connectivity index (χ1v) is 10.2. The molecule has 4 amide bonds. The molecule has 0 saturated heterocycles. The van der Waals surface area contributed by atoms with Crippen LogP contribution in [0.25, 0.3) is 0 Å². The van der Waals surface area contributed by atoms with Crippen LogP contribution < -0.4 is 21.3 Å². The van der Waals surface area contributed by atoms with Gasteiger partial charge in [-0.2, -0.15) is 0 Å². The average molecular weight is 409 g/mol. The minimum absolute atomic E-state index is 0.0100. The summed E-state index contributed by atoms with van der Waals surface area (Å²) in [6.45, 7) is 6.19. The number of benzene rings is 2. The van der Waals surface area contributed by atoms with E-state index in [0.717, 1.165) is 12.0 Å². The number of hydrogen-bond acceptors (Lipinski definition) is 3. The van der Waals surface area contributed by atoms with Crippen LogP contribution in [0.1, 0.15) is 43.1 Å². The minimum Gasteiger partial charge on any atom is -0.348 e. The van der Waals surface area contributed by atoms with Crippen molar-refractivity contribution >= 4 is 29.2 Å². The molecule has 2 atom stereocenters. The summed E-state index contributed by atoms with van der Waals surface area (Å²) in [5.74, 6) is 0.305. The standard InChI is InChI=1S/C23H28N4O3/c1-14(2)25-23(30)27-18-9-7-16(8-10-18)13-24-21(28)17-5-4-6-19(12-17)26-22(29)20-11-15(20)3/h4-10,12,14-15,20H,11,13H2,1-3H3,(H,24,28)(H,26,29)(H2,25,27,30). The van der Waals surface area contributed by atoms with E-state index < -0.39 is 0 Å². The van der Waals surface area contributed by atoms with Crippen LogP contribution in [0.4, 0.5) is 16.2 Å². The maximum Gasteiger partial charge on any atom is 0.319 e. The van der Waals surface area contributed by atoms with Crippen molar-refractivity contribution in [1.82, 2.24) is 10.6 Å². The zero-order chi connectivity index (χ0) is 21.7. The van der Waals surface area contributed by atoms with E-state index in [9.17, 15) is 14.4 Å². The lowest BCUT2D eigenvalue weighted by atomic mass is 10.1. The zero-order valence-electron chi connectivity index (χ0n) is 17.5. The molecule has 2 aromatic carbocycles. The number of amides is 4. The van der Waals surface area contributed by atoms with E-state index in [-0.39, 0.29) is 29.8 Å².